The SMILES string of the molecule is CC(C)N1c2ccc(Br)cc2CC1CON. The first-order chi connectivity index (χ1) is 7.63. The normalized spacial score (nSPS) is 19.3. The van der Waals surface area contributed by atoms with Gasteiger partial charge in [-0.2, -0.15) is 0 Å². The Morgan fingerprint density at radius 1 is 1.56 bits per heavy atom. The molecule has 0 radical (unpaired) electrons. The highest BCUT2D eigenvalue weighted by molar-refractivity contribution is 9.10. The Hall–Kier alpha value is -0.580. The Bertz CT molecular complexity index is 381. The van der Waals surface area contributed by atoms with E-state index in [-0.39, 0.29) is 0 Å². The molecule has 0 aromatic heterocycles. The molecule has 2 N–H and O–H groups in total. The van der Waals surface area contributed by atoms with Crippen LogP contribution in [0.15, 0.2) is 22.7 Å². The van der Waals surface area contributed by atoms with Gasteiger partial charge in [0.2, 0.25) is 0 Å². The van der Waals surface area contributed by atoms with Crippen molar-refractivity contribution in [3.63, 3.8) is 0 Å². The minimum Gasteiger partial charge on any atom is -0.363 e. The summed E-state index contributed by atoms with van der Waals surface area (Å²) in [5, 5.41) is 0. The summed E-state index contributed by atoms with van der Waals surface area (Å²) in [5.74, 6) is 5.20. The van der Waals surface area contributed by atoms with Gasteiger partial charge < -0.3 is 9.74 Å². The summed E-state index contributed by atoms with van der Waals surface area (Å²) in [6, 6.07) is 7.24. The van der Waals surface area contributed by atoms with Crippen molar-refractivity contribution in [1.29, 1.82) is 0 Å². The van der Waals surface area contributed by atoms with E-state index in [9.17, 15) is 0 Å². The second-order valence-corrected chi connectivity index (χ2v) is 5.38. The van der Waals surface area contributed by atoms with Crippen LogP contribution in [0, 0.1) is 0 Å². The van der Waals surface area contributed by atoms with Gasteiger partial charge in [0.1, 0.15) is 0 Å². The molecule has 3 nitrogen and oxygen atoms in total. The summed E-state index contributed by atoms with van der Waals surface area (Å²) in [7, 11) is 0. The molecule has 0 saturated heterocycles. The van der Waals surface area contributed by atoms with Gasteiger partial charge >= 0.3 is 0 Å². The minimum atomic E-state index is 0.356. The average molecular weight is 285 g/mol. The standard InChI is InChI=1S/C12H17BrN2O/c1-8(2)15-11(7-16-14)6-9-5-10(13)3-4-12(9)15/h3-5,8,11H,6-7,14H2,1-2H3. The van der Waals surface area contributed by atoms with E-state index >= 15 is 0 Å². The molecule has 2 rings (SSSR count). The van der Waals surface area contributed by atoms with Gasteiger partial charge in [0.15, 0.2) is 0 Å². The first-order valence-corrected chi connectivity index (χ1v) is 6.31. The van der Waals surface area contributed by atoms with E-state index in [4.69, 9.17) is 10.7 Å². The monoisotopic (exact) mass is 284 g/mol. The Morgan fingerprint density at radius 2 is 2.31 bits per heavy atom. The number of fused-ring (bicyclic) bond motifs is 1. The van der Waals surface area contributed by atoms with Crippen LogP contribution in [0.4, 0.5) is 5.69 Å². The highest BCUT2D eigenvalue weighted by Gasteiger charge is 2.30. The van der Waals surface area contributed by atoms with Crippen LogP contribution >= 0.6 is 15.9 Å². The molecular weight excluding hydrogens is 268 g/mol. The summed E-state index contributed by atoms with van der Waals surface area (Å²) in [5.41, 5.74) is 2.67. The third kappa shape index (κ3) is 2.10. The number of benzene rings is 1. The maximum atomic E-state index is 5.20. The van der Waals surface area contributed by atoms with Gasteiger partial charge in [-0.1, -0.05) is 15.9 Å². The first kappa shape index (κ1) is 11.9. The number of hydrogen-bond acceptors (Lipinski definition) is 3. The largest absolute Gasteiger partial charge is 0.363 e. The zero-order chi connectivity index (χ0) is 11.7. The lowest BCUT2D eigenvalue weighted by Crippen LogP contribution is -2.41. The zero-order valence-corrected chi connectivity index (χ0v) is 11.2. The average Bonchev–Trinajstić information content (AvgIpc) is 2.55. The van der Waals surface area contributed by atoms with Gasteiger partial charge in [-0.15, -0.1) is 0 Å². The van der Waals surface area contributed by atoms with E-state index in [0.29, 0.717) is 18.7 Å². The predicted molar refractivity (Wildman–Crippen MR) is 69.4 cm³/mol. The molecule has 1 atom stereocenters. The van der Waals surface area contributed by atoms with Crippen molar-refractivity contribution in [2.24, 2.45) is 5.90 Å². The number of hydrogen-bond donors (Lipinski definition) is 1. The van der Waals surface area contributed by atoms with Crippen LogP contribution in [-0.2, 0) is 11.3 Å². The highest BCUT2D eigenvalue weighted by atomic mass is 79.9. The Morgan fingerprint density at radius 3 is 2.94 bits per heavy atom. The quantitative estimate of drug-likeness (QED) is 0.867. The number of anilines is 1. The van der Waals surface area contributed by atoms with Crippen molar-refractivity contribution in [2.75, 3.05) is 11.5 Å². The maximum absolute atomic E-state index is 5.20. The fourth-order valence-corrected chi connectivity index (χ4v) is 2.88. The van der Waals surface area contributed by atoms with E-state index in [1.54, 1.807) is 0 Å². The molecule has 1 aliphatic heterocycles. The second-order valence-electron chi connectivity index (χ2n) is 4.47. The number of rotatable bonds is 3. The predicted octanol–water partition coefficient (Wildman–Crippen LogP) is 2.48. The summed E-state index contributed by atoms with van der Waals surface area (Å²) in [6.07, 6.45) is 1.00. The molecule has 1 aromatic carbocycles. The summed E-state index contributed by atoms with van der Waals surface area (Å²) < 4.78 is 1.13. The zero-order valence-electron chi connectivity index (χ0n) is 9.61. The van der Waals surface area contributed by atoms with Crippen LogP contribution in [0.5, 0.6) is 0 Å². The van der Waals surface area contributed by atoms with Gasteiger partial charge in [-0.25, -0.2) is 5.90 Å². The van der Waals surface area contributed by atoms with Crippen molar-refractivity contribution in [3.05, 3.63) is 28.2 Å². The fourth-order valence-electron chi connectivity index (χ4n) is 2.47. The third-order valence-corrected chi connectivity index (χ3v) is 3.51. The highest BCUT2D eigenvalue weighted by Crippen LogP contribution is 2.35. The van der Waals surface area contributed by atoms with Crippen LogP contribution in [0.3, 0.4) is 0 Å². The van der Waals surface area contributed by atoms with E-state index in [2.05, 4.69) is 52.9 Å². The van der Waals surface area contributed by atoms with Crippen LogP contribution < -0.4 is 10.8 Å². The molecule has 16 heavy (non-hydrogen) atoms. The van der Waals surface area contributed by atoms with Crippen LogP contribution in [0.25, 0.3) is 0 Å². The summed E-state index contributed by atoms with van der Waals surface area (Å²) >= 11 is 3.51. The van der Waals surface area contributed by atoms with Crippen molar-refractivity contribution in [3.8, 4) is 0 Å². The third-order valence-electron chi connectivity index (χ3n) is 3.01. The molecule has 1 unspecified atom stereocenters. The minimum absolute atomic E-state index is 0.356. The molecule has 1 aromatic rings. The van der Waals surface area contributed by atoms with Crippen molar-refractivity contribution >= 4 is 21.6 Å². The second kappa shape index (κ2) is 4.73. The van der Waals surface area contributed by atoms with Crippen molar-refractivity contribution in [1.82, 2.24) is 0 Å². The van der Waals surface area contributed by atoms with Gasteiger partial charge in [-0.05, 0) is 44.0 Å². The number of nitrogens with zero attached hydrogens (tertiary/aromatic N) is 1. The van der Waals surface area contributed by atoms with Crippen LogP contribution in [0.1, 0.15) is 19.4 Å². The lowest BCUT2D eigenvalue weighted by Gasteiger charge is -2.30. The molecule has 0 amide bonds. The summed E-state index contributed by atoms with van der Waals surface area (Å²) in [4.78, 5) is 7.20. The molecule has 0 saturated carbocycles. The van der Waals surface area contributed by atoms with Crippen LogP contribution in [0.2, 0.25) is 0 Å². The van der Waals surface area contributed by atoms with Gasteiger partial charge in [-0.3, -0.25) is 0 Å². The van der Waals surface area contributed by atoms with Crippen molar-refractivity contribution < 1.29 is 4.84 Å². The van der Waals surface area contributed by atoms with Crippen molar-refractivity contribution in [2.45, 2.75) is 32.4 Å². The van der Waals surface area contributed by atoms with E-state index < -0.39 is 0 Å². The number of halogens is 1. The van der Waals surface area contributed by atoms with Gasteiger partial charge in [0, 0.05) is 16.2 Å². The van der Waals surface area contributed by atoms with Crippen LogP contribution in [-0.4, -0.2) is 18.7 Å². The fraction of sp³-hybridized carbons (Fsp3) is 0.500. The topological polar surface area (TPSA) is 38.5 Å². The molecule has 0 bridgehead atoms. The molecule has 0 fully saturated rings. The Kier molecular flexibility index (Phi) is 3.52. The Balaban J connectivity index is 2.33. The van der Waals surface area contributed by atoms with Gasteiger partial charge in [0.05, 0.1) is 12.6 Å². The lowest BCUT2D eigenvalue weighted by molar-refractivity contribution is 0.122. The first-order valence-electron chi connectivity index (χ1n) is 5.52. The van der Waals surface area contributed by atoms with E-state index in [0.717, 1.165) is 10.9 Å². The lowest BCUT2D eigenvalue weighted by atomic mass is 10.1. The van der Waals surface area contributed by atoms with E-state index in [1.165, 1.54) is 11.3 Å². The molecule has 1 aliphatic rings. The molecule has 88 valence electrons. The van der Waals surface area contributed by atoms with E-state index in [1.807, 2.05) is 0 Å². The van der Waals surface area contributed by atoms with Gasteiger partial charge in [0.25, 0.3) is 0 Å². The number of nitrogens with two attached hydrogens (primary N) is 1. The maximum Gasteiger partial charge on any atom is 0.0886 e. The molecule has 1 heterocycles. The smallest absolute Gasteiger partial charge is 0.0886 e. The molecule has 4 heteroatoms. The summed E-state index contributed by atoms with van der Waals surface area (Å²) in [6.45, 7) is 4.96. The Labute approximate surface area is 105 Å². The molecule has 0 spiro atoms. The molecule has 0 aliphatic carbocycles. The molecular formula is C12H17BrN2O.